The Bertz CT molecular complexity index is 712. The maximum absolute atomic E-state index is 12.0. The summed E-state index contributed by atoms with van der Waals surface area (Å²) in [6, 6.07) is 10.8. The third-order valence-corrected chi connectivity index (χ3v) is 3.95. The number of carbonyl (C=O) groups excluding carboxylic acids is 1. The highest BCUT2D eigenvalue weighted by Crippen LogP contribution is 2.40. The number of rotatable bonds is 8. The Balaban J connectivity index is 1.96. The van der Waals surface area contributed by atoms with Crippen molar-refractivity contribution in [2.24, 2.45) is 0 Å². The summed E-state index contributed by atoms with van der Waals surface area (Å²) < 4.78 is 21.3. The van der Waals surface area contributed by atoms with E-state index >= 15 is 0 Å². The second-order valence-electron chi connectivity index (χ2n) is 5.28. The fraction of sp³-hybridized carbons (Fsp3) is 0.316. The average molecular weight is 365 g/mol. The molecular formula is C19H21ClO5. The van der Waals surface area contributed by atoms with Crippen molar-refractivity contribution >= 4 is 17.6 Å². The van der Waals surface area contributed by atoms with Crippen molar-refractivity contribution in [2.45, 2.75) is 19.4 Å². The molecule has 0 aliphatic carbocycles. The van der Waals surface area contributed by atoms with Gasteiger partial charge < -0.3 is 18.9 Å². The van der Waals surface area contributed by atoms with Gasteiger partial charge in [0.15, 0.2) is 11.5 Å². The Kier molecular flexibility index (Phi) is 6.95. The number of hydrogen-bond donors (Lipinski definition) is 0. The van der Waals surface area contributed by atoms with Gasteiger partial charge in [-0.05, 0) is 35.7 Å². The molecule has 0 saturated carbocycles. The van der Waals surface area contributed by atoms with Gasteiger partial charge in [-0.2, -0.15) is 0 Å². The summed E-state index contributed by atoms with van der Waals surface area (Å²) in [5.74, 6) is 1.37. The van der Waals surface area contributed by atoms with E-state index in [0.29, 0.717) is 28.7 Å². The molecule has 2 aromatic rings. The van der Waals surface area contributed by atoms with Crippen molar-refractivity contribution in [2.75, 3.05) is 21.3 Å². The molecule has 0 atom stereocenters. The van der Waals surface area contributed by atoms with Gasteiger partial charge >= 0.3 is 5.97 Å². The maximum atomic E-state index is 12.0. The van der Waals surface area contributed by atoms with Crippen LogP contribution in [0.15, 0.2) is 36.4 Å². The summed E-state index contributed by atoms with van der Waals surface area (Å²) in [6.07, 6.45) is 0.711. The maximum Gasteiger partial charge on any atom is 0.306 e. The van der Waals surface area contributed by atoms with Crippen molar-refractivity contribution in [1.29, 1.82) is 0 Å². The van der Waals surface area contributed by atoms with Gasteiger partial charge in [0.25, 0.3) is 0 Å². The zero-order valence-electron chi connectivity index (χ0n) is 14.5. The molecule has 134 valence electrons. The molecule has 0 spiro atoms. The van der Waals surface area contributed by atoms with Crippen LogP contribution in [0.4, 0.5) is 0 Å². The number of methoxy groups -OCH3 is 3. The number of esters is 1. The zero-order valence-corrected chi connectivity index (χ0v) is 15.3. The molecule has 2 rings (SSSR count). The molecule has 5 nitrogen and oxygen atoms in total. The van der Waals surface area contributed by atoms with Gasteiger partial charge in [0.05, 0.1) is 21.3 Å². The number of halogens is 1. The summed E-state index contributed by atoms with van der Waals surface area (Å²) in [5, 5.41) is 0.649. The van der Waals surface area contributed by atoms with E-state index in [1.54, 1.807) is 39.5 Å². The Hall–Kier alpha value is -2.40. The lowest BCUT2D eigenvalue weighted by Gasteiger charge is -2.15. The highest BCUT2D eigenvalue weighted by Gasteiger charge is 2.16. The lowest BCUT2D eigenvalue weighted by atomic mass is 10.1. The first kappa shape index (κ1) is 18.9. The number of benzene rings is 2. The van der Waals surface area contributed by atoms with E-state index in [1.807, 2.05) is 18.2 Å². The number of aryl methyl sites for hydroxylation is 1. The number of ether oxygens (including phenoxy) is 4. The second-order valence-corrected chi connectivity index (χ2v) is 5.72. The van der Waals surface area contributed by atoms with E-state index in [2.05, 4.69) is 0 Å². The topological polar surface area (TPSA) is 54.0 Å². The van der Waals surface area contributed by atoms with Crippen LogP contribution in [-0.2, 0) is 22.6 Å². The Morgan fingerprint density at radius 2 is 1.60 bits per heavy atom. The van der Waals surface area contributed by atoms with Crippen molar-refractivity contribution < 1.29 is 23.7 Å². The summed E-state index contributed by atoms with van der Waals surface area (Å²) >= 11 is 5.83. The Morgan fingerprint density at radius 1 is 0.920 bits per heavy atom. The third-order valence-electron chi connectivity index (χ3n) is 3.70. The van der Waals surface area contributed by atoms with E-state index in [4.69, 9.17) is 30.5 Å². The molecule has 0 amide bonds. The lowest BCUT2D eigenvalue weighted by molar-refractivity contribution is -0.144. The molecule has 2 aromatic carbocycles. The monoisotopic (exact) mass is 364 g/mol. The first-order valence-corrected chi connectivity index (χ1v) is 8.14. The predicted octanol–water partition coefficient (Wildman–Crippen LogP) is 4.04. The Morgan fingerprint density at radius 3 is 2.20 bits per heavy atom. The van der Waals surface area contributed by atoms with E-state index in [0.717, 1.165) is 11.1 Å². The van der Waals surface area contributed by atoms with Gasteiger partial charge in [0.1, 0.15) is 6.61 Å². The zero-order chi connectivity index (χ0) is 18.2. The summed E-state index contributed by atoms with van der Waals surface area (Å²) in [7, 11) is 4.66. The Labute approximate surface area is 152 Å². The van der Waals surface area contributed by atoms with Crippen LogP contribution in [-0.4, -0.2) is 27.3 Å². The normalized spacial score (nSPS) is 10.2. The molecule has 6 heteroatoms. The molecule has 0 aliphatic rings. The van der Waals surface area contributed by atoms with Gasteiger partial charge in [-0.3, -0.25) is 4.79 Å². The van der Waals surface area contributed by atoms with Crippen LogP contribution in [0.5, 0.6) is 17.2 Å². The minimum atomic E-state index is -0.285. The van der Waals surface area contributed by atoms with Crippen LogP contribution in [0.1, 0.15) is 17.5 Å². The van der Waals surface area contributed by atoms with Gasteiger partial charge in [-0.1, -0.05) is 29.8 Å². The molecule has 0 aromatic heterocycles. The van der Waals surface area contributed by atoms with E-state index < -0.39 is 0 Å². The van der Waals surface area contributed by atoms with E-state index in [-0.39, 0.29) is 19.0 Å². The van der Waals surface area contributed by atoms with E-state index in [1.165, 1.54) is 0 Å². The first-order valence-electron chi connectivity index (χ1n) is 7.77. The minimum absolute atomic E-state index is 0.221. The molecule has 25 heavy (non-hydrogen) atoms. The number of carbonyl (C=O) groups is 1. The van der Waals surface area contributed by atoms with Crippen molar-refractivity contribution in [3.05, 3.63) is 52.5 Å². The van der Waals surface area contributed by atoms with Crippen LogP contribution in [0.2, 0.25) is 5.02 Å². The smallest absolute Gasteiger partial charge is 0.306 e. The van der Waals surface area contributed by atoms with Crippen molar-refractivity contribution in [3.63, 3.8) is 0 Å². The van der Waals surface area contributed by atoms with Crippen molar-refractivity contribution in [3.8, 4) is 17.2 Å². The molecular weight excluding hydrogens is 344 g/mol. The van der Waals surface area contributed by atoms with E-state index in [9.17, 15) is 4.79 Å². The van der Waals surface area contributed by atoms with Gasteiger partial charge in [-0.25, -0.2) is 0 Å². The second kappa shape index (κ2) is 9.18. The van der Waals surface area contributed by atoms with Crippen LogP contribution in [0, 0.1) is 0 Å². The SMILES string of the molecule is COc1ccc(CCC(=O)OCc2ccc(Cl)cc2)c(OC)c1OC. The van der Waals surface area contributed by atoms with Gasteiger partial charge in [0, 0.05) is 11.4 Å². The third kappa shape index (κ3) is 5.03. The van der Waals surface area contributed by atoms with Crippen LogP contribution < -0.4 is 14.2 Å². The van der Waals surface area contributed by atoms with Crippen LogP contribution >= 0.6 is 11.6 Å². The van der Waals surface area contributed by atoms with Crippen LogP contribution in [0.3, 0.4) is 0 Å². The molecule has 0 radical (unpaired) electrons. The van der Waals surface area contributed by atoms with Gasteiger partial charge in [-0.15, -0.1) is 0 Å². The minimum Gasteiger partial charge on any atom is -0.493 e. The molecule has 0 heterocycles. The quantitative estimate of drug-likeness (QED) is 0.661. The average Bonchev–Trinajstić information content (AvgIpc) is 2.64. The summed E-state index contributed by atoms with van der Waals surface area (Å²) in [4.78, 5) is 12.0. The lowest BCUT2D eigenvalue weighted by Crippen LogP contribution is -2.07. The molecule has 0 unspecified atom stereocenters. The predicted molar refractivity (Wildman–Crippen MR) is 95.7 cm³/mol. The largest absolute Gasteiger partial charge is 0.493 e. The fourth-order valence-electron chi connectivity index (χ4n) is 2.41. The highest BCUT2D eigenvalue weighted by molar-refractivity contribution is 6.30. The number of hydrogen-bond acceptors (Lipinski definition) is 5. The standard InChI is InChI=1S/C19H21ClO5/c1-22-16-10-6-14(18(23-2)19(16)24-3)7-11-17(21)25-12-13-4-8-15(20)9-5-13/h4-6,8-10H,7,11-12H2,1-3H3. The molecule has 0 N–H and O–H groups in total. The summed E-state index contributed by atoms with van der Waals surface area (Å²) in [6.45, 7) is 0.221. The van der Waals surface area contributed by atoms with Gasteiger partial charge in [0.2, 0.25) is 5.75 Å². The first-order chi connectivity index (χ1) is 12.1. The summed E-state index contributed by atoms with van der Waals surface area (Å²) in [5.41, 5.74) is 1.74. The highest BCUT2D eigenvalue weighted by atomic mass is 35.5. The molecule has 0 aliphatic heterocycles. The fourth-order valence-corrected chi connectivity index (χ4v) is 2.54. The molecule has 0 saturated heterocycles. The molecule has 0 fully saturated rings. The van der Waals surface area contributed by atoms with Crippen LogP contribution in [0.25, 0.3) is 0 Å². The van der Waals surface area contributed by atoms with Crippen molar-refractivity contribution in [1.82, 2.24) is 0 Å². The molecule has 0 bridgehead atoms.